The van der Waals surface area contributed by atoms with Gasteiger partial charge in [-0.2, -0.15) is 4.98 Å². The third kappa shape index (κ3) is 4.42. The summed E-state index contributed by atoms with van der Waals surface area (Å²) in [7, 11) is 3.99. The highest BCUT2D eigenvalue weighted by molar-refractivity contribution is 5.74. The zero-order valence-electron chi connectivity index (χ0n) is 13.3. The molecule has 1 N–H and O–H groups in total. The van der Waals surface area contributed by atoms with Crippen molar-refractivity contribution in [1.82, 2.24) is 25.3 Å². The van der Waals surface area contributed by atoms with Crippen LogP contribution >= 0.6 is 0 Å². The van der Waals surface area contributed by atoms with Gasteiger partial charge in [0.1, 0.15) is 0 Å². The molecule has 0 saturated heterocycles. The molecule has 1 fully saturated rings. The number of urea groups is 1. The number of nitrogens with zero attached hydrogens (tertiary/aromatic N) is 4. The van der Waals surface area contributed by atoms with E-state index >= 15 is 0 Å². The van der Waals surface area contributed by atoms with Crippen molar-refractivity contribution >= 4 is 6.03 Å². The normalized spacial score (nSPS) is 16.0. The molecule has 0 bridgehead atoms. The van der Waals surface area contributed by atoms with Gasteiger partial charge >= 0.3 is 6.03 Å². The third-order valence-corrected chi connectivity index (χ3v) is 3.84. The molecule has 1 aromatic rings. The maximum absolute atomic E-state index is 12.2. The van der Waals surface area contributed by atoms with E-state index in [1.807, 2.05) is 21.0 Å². The molecule has 1 heterocycles. The molecule has 0 spiro atoms. The Morgan fingerprint density at radius 2 is 2.19 bits per heavy atom. The lowest BCUT2D eigenvalue weighted by Crippen LogP contribution is -2.44. The van der Waals surface area contributed by atoms with Crippen LogP contribution in [0.2, 0.25) is 0 Å². The van der Waals surface area contributed by atoms with Gasteiger partial charge in [-0.15, -0.1) is 0 Å². The van der Waals surface area contributed by atoms with Gasteiger partial charge in [0.15, 0.2) is 5.82 Å². The molecular weight excluding hydrogens is 270 g/mol. The molecule has 7 heteroatoms. The van der Waals surface area contributed by atoms with Crippen molar-refractivity contribution in [3.63, 3.8) is 0 Å². The molecule has 21 heavy (non-hydrogen) atoms. The van der Waals surface area contributed by atoms with E-state index in [4.69, 9.17) is 4.52 Å². The number of amides is 2. The summed E-state index contributed by atoms with van der Waals surface area (Å²) in [6, 6.07) is 0.197. The number of carbonyl (C=O) groups is 1. The van der Waals surface area contributed by atoms with Gasteiger partial charge < -0.3 is 19.6 Å². The van der Waals surface area contributed by atoms with Gasteiger partial charge in [0.05, 0.1) is 6.54 Å². The standard InChI is InChI=1S/C14H25N5O2/c1-5-19(14(20)15-8-10(2)18(3)4)9-12-16-13(21-17-12)11-6-7-11/h10-11H,5-9H2,1-4H3,(H,15,20)/t10-/m1/s1. The van der Waals surface area contributed by atoms with Gasteiger partial charge in [-0.25, -0.2) is 4.79 Å². The summed E-state index contributed by atoms with van der Waals surface area (Å²) in [4.78, 5) is 20.3. The maximum Gasteiger partial charge on any atom is 0.317 e. The van der Waals surface area contributed by atoms with Crippen molar-refractivity contribution in [3.8, 4) is 0 Å². The average Bonchev–Trinajstić information content (AvgIpc) is 3.21. The minimum atomic E-state index is -0.0935. The molecule has 0 aromatic carbocycles. The molecule has 1 aliphatic carbocycles. The Morgan fingerprint density at radius 1 is 1.48 bits per heavy atom. The van der Waals surface area contributed by atoms with Crippen LogP contribution in [0.5, 0.6) is 0 Å². The summed E-state index contributed by atoms with van der Waals surface area (Å²) >= 11 is 0. The predicted octanol–water partition coefficient (Wildman–Crippen LogP) is 1.43. The highest BCUT2D eigenvalue weighted by Crippen LogP contribution is 2.38. The smallest absolute Gasteiger partial charge is 0.317 e. The minimum Gasteiger partial charge on any atom is -0.339 e. The van der Waals surface area contributed by atoms with Gasteiger partial charge in [-0.1, -0.05) is 5.16 Å². The maximum atomic E-state index is 12.2. The first-order valence-electron chi connectivity index (χ1n) is 7.53. The van der Waals surface area contributed by atoms with Gasteiger partial charge in [0.25, 0.3) is 0 Å². The number of hydrogen-bond acceptors (Lipinski definition) is 5. The van der Waals surface area contributed by atoms with Crippen LogP contribution in [0.25, 0.3) is 0 Å². The lowest BCUT2D eigenvalue weighted by atomic mass is 10.3. The summed E-state index contributed by atoms with van der Waals surface area (Å²) in [5.74, 6) is 1.73. The molecule has 1 atom stereocenters. The first-order valence-corrected chi connectivity index (χ1v) is 7.53. The molecule has 1 aliphatic rings. The van der Waals surface area contributed by atoms with Crippen molar-refractivity contribution < 1.29 is 9.32 Å². The van der Waals surface area contributed by atoms with Crippen LogP contribution in [-0.4, -0.2) is 59.2 Å². The van der Waals surface area contributed by atoms with E-state index in [0.29, 0.717) is 43.3 Å². The Kier molecular flexibility index (Phi) is 5.17. The van der Waals surface area contributed by atoms with E-state index in [1.54, 1.807) is 4.90 Å². The fourth-order valence-electron chi connectivity index (χ4n) is 1.86. The quantitative estimate of drug-likeness (QED) is 0.823. The van der Waals surface area contributed by atoms with E-state index < -0.39 is 0 Å². The zero-order valence-corrected chi connectivity index (χ0v) is 13.3. The molecule has 0 radical (unpaired) electrons. The molecule has 7 nitrogen and oxygen atoms in total. The topological polar surface area (TPSA) is 74.5 Å². The van der Waals surface area contributed by atoms with Crippen molar-refractivity contribution in [2.45, 2.75) is 45.2 Å². The van der Waals surface area contributed by atoms with Crippen LogP contribution in [0.4, 0.5) is 4.79 Å². The van der Waals surface area contributed by atoms with Crippen LogP contribution in [-0.2, 0) is 6.54 Å². The summed E-state index contributed by atoms with van der Waals surface area (Å²) in [6.45, 7) is 5.61. The number of likely N-dealkylation sites (N-methyl/N-ethyl adjacent to an activating group) is 1. The lowest BCUT2D eigenvalue weighted by molar-refractivity contribution is 0.191. The van der Waals surface area contributed by atoms with E-state index in [9.17, 15) is 4.79 Å². The lowest BCUT2D eigenvalue weighted by Gasteiger charge is -2.24. The second-order valence-electron chi connectivity index (χ2n) is 5.84. The van der Waals surface area contributed by atoms with Gasteiger partial charge in [0.2, 0.25) is 5.89 Å². The van der Waals surface area contributed by atoms with Crippen LogP contribution in [0.15, 0.2) is 4.52 Å². The Hall–Kier alpha value is -1.63. The monoisotopic (exact) mass is 295 g/mol. The number of rotatable bonds is 7. The van der Waals surface area contributed by atoms with Crippen LogP contribution in [0.3, 0.4) is 0 Å². The summed E-state index contributed by atoms with van der Waals surface area (Å²) in [5, 5.41) is 6.89. The molecular formula is C14H25N5O2. The molecule has 0 aliphatic heterocycles. The minimum absolute atomic E-state index is 0.0935. The Morgan fingerprint density at radius 3 is 2.76 bits per heavy atom. The Labute approximate surface area is 125 Å². The first-order chi connectivity index (χ1) is 10.0. The highest BCUT2D eigenvalue weighted by atomic mass is 16.5. The molecule has 1 saturated carbocycles. The molecule has 2 amide bonds. The highest BCUT2D eigenvalue weighted by Gasteiger charge is 2.30. The van der Waals surface area contributed by atoms with Crippen molar-refractivity contribution in [2.75, 3.05) is 27.2 Å². The largest absolute Gasteiger partial charge is 0.339 e. The second-order valence-corrected chi connectivity index (χ2v) is 5.84. The predicted molar refractivity (Wildman–Crippen MR) is 78.9 cm³/mol. The Bertz CT molecular complexity index is 470. The van der Waals surface area contributed by atoms with E-state index in [0.717, 1.165) is 12.8 Å². The van der Waals surface area contributed by atoms with Gasteiger partial charge in [-0.3, -0.25) is 0 Å². The van der Waals surface area contributed by atoms with E-state index in [-0.39, 0.29) is 6.03 Å². The molecule has 118 valence electrons. The third-order valence-electron chi connectivity index (χ3n) is 3.84. The summed E-state index contributed by atoms with van der Waals surface area (Å²) in [6.07, 6.45) is 2.25. The number of nitrogens with one attached hydrogen (secondary N) is 1. The molecule has 0 unspecified atom stereocenters. The van der Waals surface area contributed by atoms with Crippen LogP contribution in [0, 0.1) is 0 Å². The fourth-order valence-corrected chi connectivity index (χ4v) is 1.86. The summed E-state index contributed by atoms with van der Waals surface area (Å²) in [5.41, 5.74) is 0. The number of hydrogen-bond donors (Lipinski definition) is 1. The second kappa shape index (κ2) is 6.89. The zero-order chi connectivity index (χ0) is 15.4. The van der Waals surface area contributed by atoms with E-state index in [2.05, 4.69) is 27.3 Å². The number of carbonyl (C=O) groups excluding carboxylic acids is 1. The van der Waals surface area contributed by atoms with E-state index in [1.165, 1.54) is 0 Å². The van der Waals surface area contributed by atoms with Crippen molar-refractivity contribution in [1.29, 1.82) is 0 Å². The molecule has 2 rings (SSSR count). The average molecular weight is 295 g/mol. The summed E-state index contributed by atoms with van der Waals surface area (Å²) < 4.78 is 5.22. The van der Waals surface area contributed by atoms with Crippen LogP contribution < -0.4 is 5.32 Å². The van der Waals surface area contributed by atoms with Gasteiger partial charge in [0, 0.05) is 25.0 Å². The Balaban J connectivity index is 1.84. The van der Waals surface area contributed by atoms with Crippen molar-refractivity contribution in [2.24, 2.45) is 0 Å². The van der Waals surface area contributed by atoms with Crippen molar-refractivity contribution in [3.05, 3.63) is 11.7 Å². The van der Waals surface area contributed by atoms with Gasteiger partial charge in [-0.05, 0) is 40.8 Å². The SMILES string of the molecule is CCN(Cc1noc(C2CC2)n1)C(=O)NC[C@@H](C)N(C)C. The molecule has 1 aromatic heterocycles. The fraction of sp³-hybridized carbons (Fsp3) is 0.786. The van der Waals surface area contributed by atoms with Crippen LogP contribution in [0.1, 0.15) is 44.3 Å². The number of aromatic nitrogens is 2. The first kappa shape index (κ1) is 15.8.